The van der Waals surface area contributed by atoms with Crippen LogP contribution in [0.4, 0.5) is 8.78 Å². The zero-order chi connectivity index (χ0) is 24.3. The molecule has 2 aromatic rings. The number of amides is 1. The topological polar surface area (TPSA) is 95.5 Å². The molecular weight excluding hydrogens is 450 g/mol. The molecule has 6 nitrogen and oxygen atoms in total. The van der Waals surface area contributed by atoms with E-state index in [0.717, 1.165) is 41.3 Å². The summed E-state index contributed by atoms with van der Waals surface area (Å²) in [6.45, 7) is 4.92. The SMILES string of the molecule is CCc1ccc2c(c1)C(NCC(O)C(Cc1cc(F)cc(F)c1)NC(C)=O)C(C)S(=O)(=O)C2. The van der Waals surface area contributed by atoms with Crippen molar-refractivity contribution in [1.82, 2.24) is 10.6 Å². The molecule has 0 saturated carbocycles. The summed E-state index contributed by atoms with van der Waals surface area (Å²) in [5.74, 6) is -1.93. The molecule has 180 valence electrons. The van der Waals surface area contributed by atoms with Crippen molar-refractivity contribution in [3.63, 3.8) is 0 Å². The molecule has 2 aromatic carbocycles. The van der Waals surface area contributed by atoms with Gasteiger partial charge in [0.1, 0.15) is 11.6 Å². The quantitative estimate of drug-likeness (QED) is 0.540. The minimum atomic E-state index is -3.39. The van der Waals surface area contributed by atoms with Gasteiger partial charge in [-0.2, -0.15) is 0 Å². The van der Waals surface area contributed by atoms with E-state index in [4.69, 9.17) is 0 Å². The third-order valence-electron chi connectivity index (χ3n) is 6.12. The molecule has 3 rings (SSSR count). The van der Waals surface area contributed by atoms with E-state index in [9.17, 15) is 27.1 Å². The molecule has 0 spiro atoms. The molecule has 33 heavy (non-hydrogen) atoms. The summed E-state index contributed by atoms with van der Waals surface area (Å²) in [7, 11) is -3.39. The van der Waals surface area contributed by atoms with Crippen molar-refractivity contribution in [1.29, 1.82) is 0 Å². The number of sulfone groups is 1. The second-order valence-corrected chi connectivity index (χ2v) is 11.0. The van der Waals surface area contributed by atoms with Crippen LogP contribution in [0.3, 0.4) is 0 Å². The average molecular weight is 481 g/mol. The molecule has 1 amide bonds. The predicted molar refractivity (Wildman–Crippen MR) is 122 cm³/mol. The maximum Gasteiger partial charge on any atom is 0.217 e. The Morgan fingerprint density at radius 2 is 1.82 bits per heavy atom. The van der Waals surface area contributed by atoms with Crippen molar-refractivity contribution in [3.05, 3.63) is 70.3 Å². The van der Waals surface area contributed by atoms with E-state index < -0.39 is 50.8 Å². The Kier molecular flexibility index (Phi) is 7.87. The fourth-order valence-corrected chi connectivity index (χ4v) is 5.90. The van der Waals surface area contributed by atoms with Crippen molar-refractivity contribution in [2.24, 2.45) is 0 Å². The van der Waals surface area contributed by atoms with Crippen LogP contribution in [0.5, 0.6) is 0 Å². The molecule has 1 heterocycles. The van der Waals surface area contributed by atoms with Crippen LogP contribution >= 0.6 is 0 Å². The summed E-state index contributed by atoms with van der Waals surface area (Å²) in [4.78, 5) is 11.7. The maximum atomic E-state index is 13.6. The number of benzene rings is 2. The van der Waals surface area contributed by atoms with Gasteiger partial charge < -0.3 is 15.7 Å². The van der Waals surface area contributed by atoms with Gasteiger partial charge in [-0.05, 0) is 54.2 Å². The molecular formula is C24H30F2N2O4S. The van der Waals surface area contributed by atoms with E-state index in [1.807, 2.05) is 25.1 Å². The number of aryl methyl sites for hydroxylation is 1. The van der Waals surface area contributed by atoms with E-state index in [2.05, 4.69) is 10.6 Å². The van der Waals surface area contributed by atoms with E-state index >= 15 is 0 Å². The zero-order valence-electron chi connectivity index (χ0n) is 18.9. The second-order valence-electron chi connectivity index (χ2n) is 8.64. The third kappa shape index (κ3) is 6.16. The Bertz CT molecular complexity index is 1100. The highest BCUT2D eigenvalue weighted by Gasteiger charge is 2.37. The lowest BCUT2D eigenvalue weighted by atomic mass is 9.94. The summed E-state index contributed by atoms with van der Waals surface area (Å²) in [5, 5.41) is 15.9. The highest BCUT2D eigenvalue weighted by molar-refractivity contribution is 7.91. The molecule has 0 aliphatic carbocycles. The number of fused-ring (bicyclic) bond motifs is 1. The molecule has 3 N–H and O–H groups in total. The molecule has 1 aliphatic rings. The van der Waals surface area contributed by atoms with Gasteiger partial charge in [0, 0.05) is 25.6 Å². The molecule has 1 aliphatic heterocycles. The lowest BCUT2D eigenvalue weighted by Crippen LogP contribution is -2.50. The summed E-state index contributed by atoms with van der Waals surface area (Å²) in [6, 6.07) is 7.43. The minimum absolute atomic E-state index is 0.00615. The fourth-order valence-electron chi connectivity index (χ4n) is 4.29. The van der Waals surface area contributed by atoms with Crippen LogP contribution in [-0.2, 0) is 33.2 Å². The standard InChI is InChI=1S/C24H30F2N2O4S/c1-4-16-5-6-18-13-33(31,32)14(2)24(21(18)9-16)27-12-23(30)22(28-15(3)29)10-17-7-19(25)11-20(26)8-17/h5-9,11,14,22-24,27,30H,4,10,12-13H2,1-3H3,(H,28,29). The number of carbonyl (C=O) groups is 1. The van der Waals surface area contributed by atoms with E-state index in [-0.39, 0.29) is 24.3 Å². The van der Waals surface area contributed by atoms with Gasteiger partial charge >= 0.3 is 0 Å². The Hall–Kier alpha value is -2.36. The maximum absolute atomic E-state index is 13.6. The molecule has 0 radical (unpaired) electrons. The predicted octanol–water partition coefficient (Wildman–Crippen LogP) is 2.58. The lowest BCUT2D eigenvalue weighted by molar-refractivity contribution is -0.120. The van der Waals surface area contributed by atoms with Crippen molar-refractivity contribution in [3.8, 4) is 0 Å². The average Bonchev–Trinajstić information content (AvgIpc) is 2.72. The largest absolute Gasteiger partial charge is 0.390 e. The molecule has 0 saturated heterocycles. The highest BCUT2D eigenvalue weighted by Crippen LogP contribution is 2.34. The van der Waals surface area contributed by atoms with Gasteiger partial charge in [0.15, 0.2) is 9.84 Å². The monoisotopic (exact) mass is 480 g/mol. The summed E-state index contributed by atoms with van der Waals surface area (Å²) >= 11 is 0. The fraction of sp³-hybridized carbons (Fsp3) is 0.458. The van der Waals surface area contributed by atoms with Gasteiger partial charge in [-0.25, -0.2) is 17.2 Å². The van der Waals surface area contributed by atoms with Crippen molar-refractivity contribution in [2.75, 3.05) is 6.54 Å². The molecule has 0 bridgehead atoms. The van der Waals surface area contributed by atoms with Gasteiger partial charge in [-0.3, -0.25) is 4.79 Å². The second kappa shape index (κ2) is 10.3. The van der Waals surface area contributed by atoms with E-state index in [1.54, 1.807) is 6.92 Å². The number of hydrogen-bond donors (Lipinski definition) is 3. The Morgan fingerprint density at radius 1 is 1.15 bits per heavy atom. The van der Waals surface area contributed by atoms with Crippen LogP contribution in [0.15, 0.2) is 36.4 Å². The summed E-state index contributed by atoms with van der Waals surface area (Å²) in [6.07, 6.45) is -0.319. The minimum Gasteiger partial charge on any atom is -0.390 e. The van der Waals surface area contributed by atoms with Crippen LogP contribution in [0, 0.1) is 11.6 Å². The van der Waals surface area contributed by atoms with Crippen molar-refractivity contribution in [2.45, 2.75) is 62.8 Å². The Labute approximate surface area is 193 Å². The molecule has 9 heteroatoms. The number of rotatable bonds is 8. The van der Waals surface area contributed by atoms with Crippen LogP contribution in [-0.4, -0.2) is 43.4 Å². The molecule has 0 fully saturated rings. The number of nitrogens with one attached hydrogen (secondary N) is 2. The number of hydrogen-bond acceptors (Lipinski definition) is 5. The van der Waals surface area contributed by atoms with Crippen LogP contribution in [0.1, 0.15) is 49.1 Å². The normalized spacial score (nSPS) is 21.2. The van der Waals surface area contributed by atoms with Crippen LogP contribution < -0.4 is 10.6 Å². The third-order valence-corrected chi connectivity index (χ3v) is 8.24. The Morgan fingerprint density at radius 3 is 2.42 bits per heavy atom. The first-order valence-corrected chi connectivity index (χ1v) is 12.7. The smallest absolute Gasteiger partial charge is 0.217 e. The first-order valence-electron chi connectivity index (χ1n) is 11.0. The number of carbonyl (C=O) groups excluding carboxylic acids is 1. The highest BCUT2D eigenvalue weighted by atomic mass is 32.2. The summed E-state index contributed by atoms with van der Waals surface area (Å²) < 4.78 is 52.6. The zero-order valence-corrected chi connectivity index (χ0v) is 19.8. The van der Waals surface area contributed by atoms with Crippen LogP contribution in [0.2, 0.25) is 0 Å². The van der Waals surface area contributed by atoms with Gasteiger partial charge in [-0.1, -0.05) is 25.1 Å². The van der Waals surface area contributed by atoms with Gasteiger partial charge in [0.05, 0.1) is 23.1 Å². The number of aliphatic hydroxyl groups excluding tert-OH is 1. The van der Waals surface area contributed by atoms with Gasteiger partial charge in [-0.15, -0.1) is 0 Å². The van der Waals surface area contributed by atoms with Gasteiger partial charge in [0.25, 0.3) is 0 Å². The van der Waals surface area contributed by atoms with Crippen molar-refractivity contribution < 1.29 is 27.1 Å². The molecule has 4 atom stereocenters. The molecule has 0 aromatic heterocycles. The number of halogens is 2. The number of aliphatic hydroxyl groups is 1. The first kappa shape index (κ1) is 25.3. The van der Waals surface area contributed by atoms with E-state index in [1.165, 1.54) is 6.92 Å². The first-order chi connectivity index (χ1) is 15.5. The molecule has 4 unspecified atom stereocenters. The van der Waals surface area contributed by atoms with Gasteiger partial charge in [0.2, 0.25) is 5.91 Å². The van der Waals surface area contributed by atoms with Crippen molar-refractivity contribution >= 4 is 15.7 Å². The lowest BCUT2D eigenvalue weighted by Gasteiger charge is -2.34. The summed E-state index contributed by atoms with van der Waals surface area (Å²) in [5.41, 5.74) is 2.98. The van der Waals surface area contributed by atoms with Crippen LogP contribution in [0.25, 0.3) is 0 Å². The van der Waals surface area contributed by atoms with E-state index in [0.29, 0.717) is 0 Å². The Balaban J connectivity index is 1.81.